The zero-order chi connectivity index (χ0) is 17.2. The Labute approximate surface area is 141 Å². The smallest absolute Gasteiger partial charge is 0.274 e. The Hall–Kier alpha value is -2.88. The van der Waals surface area contributed by atoms with Crippen LogP contribution < -0.4 is 10.9 Å². The average Bonchev–Trinajstić information content (AvgIpc) is 2.55. The Morgan fingerprint density at radius 1 is 0.917 bits per heavy atom. The highest BCUT2D eigenvalue weighted by atomic mass is 16.1. The first-order chi connectivity index (χ1) is 11.4. The van der Waals surface area contributed by atoms with E-state index in [1.165, 1.54) is 0 Å². The van der Waals surface area contributed by atoms with Gasteiger partial charge in [0.2, 0.25) is 5.95 Å². The molecule has 0 aliphatic heterocycles. The van der Waals surface area contributed by atoms with Gasteiger partial charge in [0.15, 0.2) is 0 Å². The number of aromatic nitrogens is 2. The highest BCUT2D eigenvalue weighted by Gasteiger charge is 2.22. The molecule has 1 N–H and O–H groups in total. The van der Waals surface area contributed by atoms with E-state index in [-0.39, 0.29) is 11.0 Å². The molecule has 0 saturated heterocycles. The van der Waals surface area contributed by atoms with Crippen molar-refractivity contribution in [2.24, 2.45) is 0 Å². The minimum Gasteiger partial charge on any atom is -0.325 e. The molecule has 4 nitrogen and oxygen atoms in total. The molecule has 0 aliphatic carbocycles. The lowest BCUT2D eigenvalue weighted by Crippen LogP contribution is -2.26. The van der Waals surface area contributed by atoms with Crippen molar-refractivity contribution in [3.05, 3.63) is 82.8 Å². The number of nitrogens with zero attached hydrogens (tertiary/aromatic N) is 2. The fraction of sp³-hybridized carbons (Fsp3) is 0.200. The summed E-state index contributed by atoms with van der Waals surface area (Å²) in [6.07, 6.45) is 0. The molecule has 0 atom stereocenters. The van der Waals surface area contributed by atoms with Gasteiger partial charge in [-0.3, -0.25) is 9.36 Å². The van der Waals surface area contributed by atoms with Crippen molar-refractivity contribution in [3.63, 3.8) is 0 Å². The molecule has 0 saturated carbocycles. The summed E-state index contributed by atoms with van der Waals surface area (Å²) in [4.78, 5) is 16.4. The third kappa shape index (κ3) is 3.38. The molecule has 0 bridgehead atoms. The van der Waals surface area contributed by atoms with E-state index in [1.54, 1.807) is 6.07 Å². The van der Waals surface area contributed by atoms with Crippen molar-refractivity contribution in [3.8, 4) is 5.69 Å². The van der Waals surface area contributed by atoms with Crippen LogP contribution >= 0.6 is 0 Å². The van der Waals surface area contributed by atoms with Gasteiger partial charge < -0.3 is 5.32 Å². The number of para-hydroxylation sites is 2. The van der Waals surface area contributed by atoms with Gasteiger partial charge >= 0.3 is 0 Å². The minimum atomic E-state index is -0.245. The lowest BCUT2D eigenvalue weighted by molar-refractivity contribution is 0.549. The second kappa shape index (κ2) is 6.32. The molecule has 2 aromatic carbocycles. The first-order valence-electron chi connectivity index (χ1n) is 7.97. The Balaban J connectivity index is 2.24. The van der Waals surface area contributed by atoms with E-state index in [0.29, 0.717) is 5.95 Å². The molecule has 0 unspecified atom stereocenters. The molecule has 122 valence electrons. The number of rotatable bonds is 3. The van der Waals surface area contributed by atoms with E-state index in [9.17, 15) is 4.79 Å². The standard InChI is InChI=1S/C20H21N3O/c1-20(2,3)17-14-18(24)22-19(21-15-10-6-4-7-11-15)23(17)16-12-8-5-9-13-16/h4-14H,1-3H3,(H,21,22,24). The predicted octanol–water partition coefficient (Wildman–Crippen LogP) is 4.27. The van der Waals surface area contributed by atoms with Gasteiger partial charge in [0.25, 0.3) is 5.56 Å². The first kappa shape index (κ1) is 16.0. The highest BCUT2D eigenvalue weighted by Crippen LogP contribution is 2.27. The number of benzene rings is 2. The van der Waals surface area contributed by atoms with Gasteiger partial charge in [0, 0.05) is 28.6 Å². The number of anilines is 2. The maximum Gasteiger partial charge on any atom is 0.274 e. The molecule has 1 heterocycles. The quantitative estimate of drug-likeness (QED) is 0.784. The zero-order valence-corrected chi connectivity index (χ0v) is 14.2. The van der Waals surface area contributed by atoms with Crippen molar-refractivity contribution in [1.82, 2.24) is 9.55 Å². The maximum atomic E-state index is 12.2. The van der Waals surface area contributed by atoms with Crippen LogP contribution in [0.3, 0.4) is 0 Å². The summed E-state index contributed by atoms with van der Waals surface area (Å²) in [5.41, 5.74) is 2.32. The fourth-order valence-electron chi connectivity index (χ4n) is 2.61. The zero-order valence-electron chi connectivity index (χ0n) is 14.2. The van der Waals surface area contributed by atoms with Gasteiger partial charge in [0.1, 0.15) is 0 Å². The molecule has 0 fully saturated rings. The van der Waals surface area contributed by atoms with E-state index in [0.717, 1.165) is 17.1 Å². The second-order valence-corrected chi connectivity index (χ2v) is 6.72. The molecular formula is C20H21N3O. The molecule has 4 heteroatoms. The van der Waals surface area contributed by atoms with Gasteiger partial charge in [-0.25, -0.2) is 0 Å². The van der Waals surface area contributed by atoms with E-state index >= 15 is 0 Å². The fourth-order valence-corrected chi connectivity index (χ4v) is 2.61. The number of hydrogen-bond donors (Lipinski definition) is 1. The second-order valence-electron chi connectivity index (χ2n) is 6.72. The molecule has 1 aromatic heterocycles. The van der Waals surface area contributed by atoms with Crippen LogP contribution in [0.2, 0.25) is 0 Å². The van der Waals surface area contributed by atoms with Gasteiger partial charge in [-0.2, -0.15) is 4.98 Å². The van der Waals surface area contributed by atoms with Crippen molar-refractivity contribution in [2.45, 2.75) is 26.2 Å². The van der Waals surface area contributed by atoms with Gasteiger partial charge in [-0.15, -0.1) is 0 Å². The van der Waals surface area contributed by atoms with E-state index in [1.807, 2.05) is 65.2 Å². The summed E-state index contributed by atoms with van der Waals surface area (Å²) >= 11 is 0. The third-order valence-corrected chi connectivity index (χ3v) is 3.74. The van der Waals surface area contributed by atoms with Crippen LogP contribution in [0.15, 0.2) is 71.5 Å². The van der Waals surface area contributed by atoms with Crippen LogP contribution in [0.25, 0.3) is 5.69 Å². The normalized spacial score (nSPS) is 11.3. The molecule has 0 amide bonds. The lowest BCUT2D eigenvalue weighted by atomic mass is 9.91. The van der Waals surface area contributed by atoms with Crippen LogP contribution in [0, 0.1) is 0 Å². The van der Waals surface area contributed by atoms with Crippen molar-refractivity contribution in [1.29, 1.82) is 0 Å². The van der Waals surface area contributed by atoms with E-state index in [4.69, 9.17) is 0 Å². The highest BCUT2D eigenvalue weighted by molar-refractivity contribution is 5.56. The van der Waals surface area contributed by atoms with Crippen LogP contribution in [-0.2, 0) is 5.41 Å². The summed E-state index contributed by atoms with van der Waals surface area (Å²) in [7, 11) is 0. The number of hydrogen-bond acceptors (Lipinski definition) is 3. The topological polar surface area (TPSA) is 46.9 Å². The van der Waals surface area contributed by atoms with Crippen LogP contribution in [0.1, 0.15) is 26.5 Å². The molecular weight excluding hydrogens is 298 g/mol. The summed E-state index contributed by atoms with van der Waals surface area (Å²) in [5, 5.41) is 3.28. The molecule has 24 heavy (non-hydrogen) atoms. The van der Waals surface area contributed by atoms with Gasteiger partial charge in [-0.1, -0.05) is 57.2 Å². The average molecular weight is 319 g/mol. The Morgan fingerprint density at radius 3 is 2.08 bits per heavy atom. The molecule has 3 rings (SSSR count). The maximum absolute atomic E-state index is 12.2. The molecule has 0 spiro atoms. The summed E-state index contributed by atoms with van der Waals surface area (Å²) in [5.74, 6) is 0.518. The minimum absolute atomic E-state index is 0.203. The molecule has 0 radical (unpaired) electrons. The largest absolute Gasteiger partial charge is 0.325 e. The number of nitrogens with one attached hydrogen (secondary N) is 1. The van der Waals surface area contributed by atoms with Crippen LogP contribution in [-0.4, -0.2) is 9.55 Å². The predicted molar refractivity (Wildman–Crippen MR) is 98.3 cm³/mol. The summed E-state index contributed by atoms with van der Waals surface area (Å²) in [6, 6.07) is 21.3. The Bertz CT molecular complexity index is 878. The monoisotopic (exact) mass is 319 g/mol. The third-order valence-electron chi connectivity index (χ3n) is 3.74. The molecule has 3 aromatic rings. The van der Waals surface area contributed by atoms with Crippen molar-refractivity contribution < 1.29 is 0 Å². The van der Waals surface area contributed by atoms with E-state index < -0.39 is 0 Å². The lowest BCUT2D eigenvalue weighted by Gasteiger charge is -2.26. The first-order valence-corrected chi connectivity index (χ1v) is 7.97. The van der Waals surface area contributed by atoms with Crippen LogP contribution in [0.4, 0.5) is 11.6 Å². The van der Waals surface area contributed by atoms with Crippen molar-refractivity contribution >= 4 is 11.6 Å². The van der Waals surface area contributed by atoms with Crippen LogP contribution in [0.5, 0.6) is 0 Å². The Kier molecular flexibility index (Phi) is 4.21. The Morgan fingerprint density at radius 2 is 1.50 bits per heavy atom. The summed E-state index contributed by atoms with van der Waals surface area (Å²) < 4.78 is 2.01. The van der Waals surface area contributed by atoms with Gasteiger partial charge in [0.05, 0.1) is 0 Å². The SMILES string of the molecule is CC(C)(C)c1cc(=O)nc(Nc2ccccc2)n1-c1ccccc1. The van der Waals surface area contributed by atoms with Crippen molar-refractivity contribution in [2.75, 3.05) is 5.32 Å². The van der Waals surface area contributed by atoms with E-state index in [2.05, 4.69) is 31.1 Å². The summed E-state index contributed by atoms with van der Waals surface area (Å²) in [6.45, 7) is 6.27. The molecule has 0 aliphatic rings. The van der Waals surface area contributed by atoms with Gasteiger partial charge in [-0.05, 0) is 24.3 Å².